The Morgan fingerprint density at radius 3 is 2.65 bits per heavy atom. The molecule has 2 aliphatic heterocycles. The van der Waals surface area contributed by atoms with Gasteiger partial charge in [-0.05, 0) is 68.1 Å². The van der Waals surface area contributed by atoms with E-state index in [1.165, 1.54) is 12.1 Å². The van der Waals surface area contributed by atoms with E-state index in [0.717, 1.165) is 47.5 Å². The number of hydrogen-bond acceptors (Lipinski definition) is 3. The fourth-order valence-electron chi connectivity index (χ4n) is 5.58. The number of hydrogen-bond donors (Lipinski definition) is 0. The monoisotopic (exact) mass is 478 g/mol. The highest BCUT2D eigenvalue weighted by molar-refractivity contribution is 6.29. The van der Waals surface area contributed by atoms with Gasteiger partial charge < -0.3 is 4.90 Å². The number of fused-ring (bicyclic) bond motifs is 5. The smallest absolute Gasteiger partial charge is 0.254 e. The molecular formula is C26H21ClF2N4O. The van der Waals surface area contributed by atoms with E-state index in [1.807, 2.05) is 23.1 Å². The molecule has 34 heavy (non-hydrogen) atoms. The molecule has 4 heterocycles. The molecule has 4 aromatic rings. The van der Waals surface area contributed by atoms with Crippen LogP contribution in [0.25, 0.3) is 22.2 Å². The molecule has 0 aliphatic carbocycles. The maximum atomic E-state index is 14.0. The Kier molecular flexibility index (Phi) is 4.92. The molecule has 2 aliphatic rings. The number of rotatable bonds is 2. The van der Waals surface area contributed by atoms with Crippen LogP contribution in [-0.4, -0.2) is 31.6 Å². The number of carbonyl (C=O) groups is 1. The first kappa shape index (κ1) is 21.2. The van der Waals surface area contributed by atoms with Crippen molar-refractivity contribution in [2.75, 3.05) is 0 Å². The molecule has 8 heteroatoms. The molecule has 6 rings (SSSR count). The normalized spacial score (nSPS) is 19.4. The second-order valence-corrected chi connectivity index (χ2v) is 9.44. The Balaban J connectivity index is 1.41. The third kappa shape index (κ3) is 3.38. The molecule has 2 atom stereocenters. The van der Waals surface area contributed by atoms with Gasteiger partial charge in [-0.2, -0.15) is 5.10 Å². The largest absolute Gasteiger partial charge is 0.327 e. The van der Waals surface area contributed by atoms with Crippen molar-refractivity contribution in [3.63, 3.8) is 0 Å². The van der Waals surface area contributed by atoms with Crippen LogP contribution < -0.4 is 0 Å². The number of piperidine rings is 1. The fraction of sp³-hybridized carbons (Fsp3) is 0.269. The Labute approximate surface area is 200 Å². The van der Waals surface area contributed by atoms with E-state index in [9.17, 15) is 13.6 Å². The van der Waals surface area contributed by atoms with Gasteiger partial charge in [0, 0.05) is 41.2 Å². The second-order valence-electron chi connectivity index (χ2n) is 9.05. The van der Waals surface area contributed by atoms with Gasteiger partial charge in [0.05, 0.1) is 22.9 Å². The number of pyridine rings is 1. The Morgan fingerprint density at radius 1 is 1.06 bits per heavy atom. The summed E-state index contributed by atoms with van der Waals surface area (Å²) in [5.74, 6) is -1.28. The van der Waals surface area contributed by atoms with Gasteiger partial charge in [-0.3, -0.25) is 9.48 Å². The van der Waals surface area contributed by atoms with E-state index in [0.29, 0.717) is 28.4 Å². The van der Waals surface area contributed by atoms with E-state index in [2.05, 4.69) is 4.98 Å². The first-order valence-electron chi connectivity index (χ1n) is 11.3. The van der Waals surface area contributed by atoms with Gasteiger partial charge in [-0.15, -0.1) is 0 Å². The standard InChI is InChI=1S/C26H21ClF2N4O/c1-32-25(16-10-17(28)12-18(29)11-16)20-13-19-3-2-4-22(24(20)31-32)33(19)26(34)15-5-7-21-14(9-15)6-8-23(27)30-21/h5-12,19,22H,2-4,13H2,1H3/t19-,22+/m1/s1. The summed E-state index contributed by atoms with van der Waals surface area (Å²) < 4.78 is 29.6. The van der Waals surface area contributed by atoms with Crippen molar-refractivity contribution in [2.24, 2.45) is 7.05 Å². The fourth-order valence-corrected chi connectivity index (χ4v) is 5.74. The zero-order valence-corrected chi connectivity index (χ0v) is 19.2. The van der Waals surface area contributed by atoms with Crippen LogP contribution in [0.4, 0.5) is 8.78 Å². The molecule has 172 valence electrons. The molecule has 0 radical (unpaired) electrons. The lowest BCUT2D eigenvalue weighted by atomic mass is 9.81. The maximum absolute atomic E-state index is 14.0. The topological polar surface area (TPSA) is 51.0 Å². The van der Waals surface area contributed by atoms with E-state index in [-0.39, 0.29) is 18.0 Å². The van der Waals surface area contributed by atoms with Crippen LogP contribution in [-0.2, 0) is 13.5 Å². The number of amides is 1. The number of halogens is 3. The summed E-state index contributed by atoms with van der Waals surface area (Å²) in [6.45, 7) is 0. The minimum atomic E-state index is -0.621. The van der Waals surface area contributed by atoms with Gasteiger partial charge in [-0.1, -0.05) is 11.6 Å². The van der Waals surface area contributed by atoms with Crippen molar-refractivity contribution in [3.05, 3.63) is 82.1 Å². The number of carbonyl (C=O) groups excluding carboxylic acids is 1. The van der Waals surface area contributed by atoms with Gasteiger partial charge in [0.15, 0.2) is 0 Å². The van der Waals surface area contributed by atoms with Gasteiger partial charge in [0.1, 0.15) is 16.8 Å². The number of benzene rings is 2. The van der Waals surface area contributed by atoms with Gasteiger partial charge in [0.2, 0.25) is 0 Å². The van der Waals surface area contributed by atoms with Gasteiger partial charge in [0.25, 0.3) is 5.91 Å². The molecule has 2 aromatic carbocycles. The Morgan fingerprint density at radius 2 is 1.85 bits per heavy atom. The van der Waals surface area contributed by atoms with Crippen molar-refractivity contribution in [2.45, 2.75) is 37.8 Å². The average molecular weight is 479 g/mol. The SMILES string of the molecule is Cn1nc2c(c1-c1cc(F)cc(F)c1)C[C@H]1CCC[C@@H]2N1C(=O)c1ccc2nc(Cl)ccc2c1. The molecule has 0 unspecified atom stereocenters. The van der Waals surface area contributed by atoms with E-state index < -0.39 is 11.6 Å². The highest BCUT2D eigenvalue weighted by atomic mass is 35.5. The van der Waals surface area contributed by atoms with Gasteiger partial charge >= 0.3 is 0 Å². The number of aromatic nitrogens is 3. The van der Waals surface area contributed by atoms with Crippen LogP contribution in [0, 0.1) is 11.6 Å². The first-order chi connectivity index (χ1) is 16.4. The van der Waals surface area contributed by atoms with Crippen molar-refractivity contribution >= 4 is 28.4 Å². The van der Waals surface area contributed by atoms with Crippen LogP contribution >= 0.6 is 11.6 Å². The molecule has 2 aromatic heterocycles. The highest BCUT2D eigenvalue weighted by Gasteiger charge is 2.43. The van der Waals surface area contributed by atoms with Crippen LogP contribution in [0.3, 0.4) is 0 Å². The molecule has 1 saturated heterocycles. The predicted molar refractivity (Wildman–Crippen MR) is 126 cm³/mol. The summed E-state index contributed by atoms with van der Waals surface area (Å²) in [6, 6.07) is 12.4. The molecule has 0 saturated carbocycles. The zero-order chi connectivity index (χ0) is 23.6. The van der Waals surface area contributed by atoms with E-state index in [1.54, 1.807) is 23.9 Å². The van der Waals surface area contributed by atoms with Crippen LogP contribution in [0.5, 0.6) is 0 Å². The van der Waals surface area contributed by atoms with Crippen molar-refractivity contribution in [1.82, 2.24) is 19.7 Å². The number of aryl methyl sites for hydroxylation is 1. The number of nitrogens with zero attached hydrogens (tertiary/aromatic N) is 4. The second kappa shape index (κ2) is 7.87. The third-order valence-electron chi connectivity index (χ3n) is 6.95. The summed E-state index contributed by atoms with van der Waals surface area (Å²) in [6.07, 6.45) is 3.27. The molecule has 1 amide bonds. The molecule has 0 N–H and O–H groups in total. The minimum absolute atomic E-state index is 0.000791. The van der Waals surface area contributed by atoms with Crippen LogP contribution in [0.2, 0.25) is 5.15 Å². The molecule has 0 spiro atoms. The van der Waals surface area contributed by atoms with Crippen molar-refractivity contribution in [3.8, 4) is 11.3 Å². The average Bonchev–Trinajstić information content (AvgIpc) is 3.12. The van der Waals surface area contributed by atoms with Gasteiger partial charge in [-0.25, -0.2) is 13.8 Å². The van der Waals surface area contributed by atoms with Crippen LogP contribution in [0.1, 0.15) is 46.9 Å². The molecular weight excluding hydrogens is 458 g/mol. The summed E-state index contributed by atoms with van der Waals surface area (Å²) in [7, 11) is 1.79. The minimum Gasteiger partial charge on any atom is -0.327 e. The lowest BCUT2D eigenvalue weighted by Crippen LogP contribution is -2.49. The van der Waals surface area contributed by atoms with Crippen molar-refractivity contribution in [1.29, 1.82) is 0 Å². The predicted octanol–water partition coefficient (Wildman–Crippen LogP) is 5.86. The molecule has 1 fully saturated rings. The van der Waals surface area contributed by atoms with Crippen molar-refractivity contribution < 1.29 is 13.6 Å². The molecule has 5 nitrogen and oxygen atoms in total. The summed E-state index contributed by atoms with van der Waals surface area (Å²) in [5.41, 5.74) is 4.31. The molecule has 2 bridgehead atoms. The zero-order valence-electron chi connectivity index (χ0n) is 18.4. The maximum Gasteiger partial charge on any atom is 0.254 e. The highest BCUT2D eigenvalue weighted by Crippen LogP contribution is 2.45. The van der Waals surface area contributed by atoms with E-state index >= 15 is 0 Å². The summed E-state index contributed by atoms with van der Waals surface area (Å²) in [4.78, 5) is 20.0. The Bertz CT molecular complexity index is 1450. The summed E-state index contributed by atoms with van der Waals surface area (Å²) >= 11 is 5.99. The lowest BCUT2D eigenvalue weighted by molar-refractivity contribution is 0.0392. The van der Waals surface area contributed by atoms with Crippen LogP contribution in [0.15, 0.2) is 48.5 Å². The third-order valence-corrected chi connectivity index (χ3v) is 7.16. The first-order valence-corrected chi connectivity index (χ1v) is 11.7. The van der Waals surface area contributed by atoms with E-state index in [4.69, 9.17) is 16.7 Å². The quantitative estimate of drug-likeness (QED) is 0.339. The lowest BCUT2D eigenvalue weighted by Gasteiger charge is -2.45. The Hall–Kier alpha value is -3.32. The summed E-state index contributed by atoms with van der Waals surface area (Å²) in [5, 5.41) is 6.01.